The number of amides is 1. The number of aromatic nitrogens is 1. The summed E-state index contributed by atoms with van der Waals surface area (Å²) in [5.41, 5.74) is 4.04. The first kappa shape index (κ1) is 28.2. The van der Waals surface area contributed by atoms with Gasteiger partial charge in [-0.1, -0.05) is 78.4 Å². The summed E-state index contributed by atoms with van der Waals surface area (Å²) in [5.74, 6) is -0.369. The number of aryl methyl sites for hydroxylation is 1. The zero-order valence-corrected chi connectivity index (χ0v) is 24.4. The number of benzene rings is 5. The molecule has 1 aromatic heterocycles. The molecule has 0 spiro atoms. The highest BCUT2D eigenvalue weighted by Crippen LogP contribution is 2.30. The van der Waals surface area contributed by atoms with Crippen LogP contribution >= 0.6 is 0 Å². The molecule has 216 valence electrons. The monoisotopic (exact) mass is 589 g/mol. The van der Waals surface area contributed by atoms with Crippen LogP contribution in [-0.4, -0.2) is 36.6 Å². The van der Waals surface area contributed by atoms with Crippen molar-refractivity contribution >= 4 is 49.1 Å². The number of rotatable bonds is 9. The fourth-order valence-electron chi connectivity index (χ4n) is 5.37. The van der Waals surface area contributed by atoms with Crippen molar-refractivity contribution in [3.63, 3.8) is 0 Å². The van der Waals surface area contributed by atoms with Crippen molar-refractivity contribution < 1.29 is 18.3 Å². The Morgan fingerprint density at radius 2 is 1.40 bits per heavy atom. The largest absolute Gasteiger partial charge is 0.389 e. The van der Waals surface area contributed by atoms with E-state index in [0.29, 0.717) is 11.3 Å². The van der Waals surface area contributed by atoms with Gasteiger partial charge in [0.1, 0.15) is 0 Å². The highest BCUT2D eigenvalue weighted by Gasteiger charge is 2.28. The third kappa shape index (κ3) is 5.75. The molecule has 7 nitrogen and oxygen atoms in total. The first-order chi connectivity index (χ1) is 20.8. The molecular formula is C35H31N3O4S. The van der Waals surface area contributed by atoms with E-state index in [4.69, 9.17) is 0 Å². The number of aliphatic hydroxyl groups is 1. The van der Waals surface area contributed by atoms with Crippen molar-refractivity contribution in [3.05, 3.63) is 139 Å². The van der Waals surface area contributed by atoms with Crippen LogP contribution in [0.25, 0.3) is 21.8 Å². The maximum absolute atomic E-state index is 14.1. The second-order valence-corrected chi connectivity index (χ2v) is 12.4. The van der Waals surface area contributed by atoms with Crippen LogP contribution < -0.4 is 9.62 Å². The Morgan fingerprint density at radius 1 is 0.791 bits per heavy atom. The zero-order chi connectivity index (χ0) is 30.0. The second kappa shape index (κ2) is 11.8. The molecule has 0 bridgehead atoms. The molecule has 8 heteroatoms. The molecule has 1 amide bonds. The summed E-state index contributed by atoms with van der Waals surface area (Å²) in [6.45, 7) is 1.83. The van der Waals surface area contributed by atoms with E-state index in [0.717, 1.165) is 27.4 Å². The van der Waals surface area contributed by atoms with Gasteiger partial charge in [-0.15, -0.1) is 0 Å². The van der Waals surface area contributed by atoms with E-state index in [1.165, 1.54) is 10.4 Å². The molecule has 1 heterocycles. The van der Waals surface area contributed by atoms with Crippen LogP contribution in [0.1, 0.15) is 15.9 Å². The standard InChI is InChI=1S/C35H31N3O4S/c1-25-18-20-30(21-19-25)43(41,42)38(28-13-9-10-26(22-28)35(40)36-27-11-3-2-4-12-27)24-29(39)23-37-33-16-7-5-14-31(33)32-15-6-8-17-34(32)37/h2-22,29,39H,23-24H2,1H3,(H,36,40). The van der Waals surface area contributed by atoms with E-state index in [1.807, 2.05) is 78.2 Å². The van der Waals surface area contributed by atoms with E-state index >= 15 is 0 Å². The molecule has 0 fully saturated rings. The number of carbonyl (C=O) groups is 1. The summed E-state index contributed by atoms with van der Waals surface area (Å²) in [4.78, 5) is 13.2. The average molecular weight is 590 g/mol. The Hall–Kier alpha value is -4.92. The molecule has 5 aromatic carbocycles. The maximum Gasteiger partial charge on any atom is 0.264 e. The smallest absolute Gasteiger partial charge is 0.264 e. The highest BCUT2D eigenvalue weighted by atomic mass is 32.2. The Bertz CT molecular complexity index is 1970. The van der Waals surface area contributed by atoms with E-state index < -0.39 is 16.1 Å². The lowest BCUT2D eigenvalue weighted by Crippen LogP contribution is -2.39. The van der Waals surface area contributed by atoms with Crippen molar-refractivity contribution in [1.29, 1.82) is 0 Å². The first-order valence-corrected chi connectivity index (χ1v) is 15.5. The van der Waals surface area contributed by atoms with Crippen molar-refractivity contribution in [2.24, 2.45) is 0 Å². The van der Waals surface area contributed by atoms with Gasteiger partial charge < -0.3 is 15.0 Å². The number of hydrogen-bond acceptors (Lipinski definition) is 4. The van der Waals surface area contributed by atoms with Gasteiger partial charge >= 0.3 is 0 Å². The molecule has 1 unspecified atom stereocenters. The van der Waals surface area contributed by atoms with Crippen LogP contribution in [-0.2, 0) is 16.6 Å². The lowest BCUT2D eigenvalue weighted by Gasteiger charge is -2.28. The van der Waals surface area contributed by atoms with Gasteiger partial charge in [0, 0.05) is 33.1 Å². The molecule has 0 aliphatic heterocycles. The van der Waals surface area contributed by atoms with Gasteiger partial charge in [-0.25, -0.2) is 8.42 Å². The van der Waals surface area contributed by atoms with Gasteiger partial charge in [-0.05, 0) is 61.5 Å². The summed E-state index contributed by atoms with van der Waals surface area (Å²) in [5, 5.41) is 16.5. The quantitative estimate of drug-likeness (QED) is 0.199. The van der Waals surface area contributed by atoms with E-state index in [1.54, 1.807) is 54.6 Å². The molecule has 6 rings (SSSR count). The van der Waals surface area contributed by atoms with Gasteiger partial charge in [-0.3, -0.25) is 9.10 Å². The summed E-state index contributed by atoms with van der Waals surface area (Å²) < 4.78 is 31.4. The number of anilines is 2. The number of sulfonamides is 1. The Kier molecular flexibility index (Phi) is 7.71. The van der Waals surface area contributed by atoms with Crippen molar-refractivity contribution in [2.75, 3.05) is 16.2 Å². The van der Waals surface area contributed by atoms with Gasteiger partial charge in [0.2, 0.25) is 0 Å². The number of carbonyl (C=O) groups excluding carboxylic acids is 1. The van der Waals surface area contributed by atoms with E-state index in [-0.39, 0.29) is 29.6 Å². The predicted molar refractivity (Wildman–Crippen MR) is 172 cm³/mol. The molecule has 6 aromatic rings. The van der Waals surface area contributed by atoms with Gasteiger partial charge in [-0.2, -0.15) is 0 Å². The first-order valence-electron chi connectivity index (χ1n) is 14.0. The Balaban J connectivity index is 1.36. The van der Waals surface area contributed by atoms with Crippen LogP contribution in [0.2, 0.25) is 0 Å². The fraction of sp³-hybridized carbons (Fsp3) is 0.114. The molecular weight excluding hydrogens is 558 g/mol. The van der Waals surface area contributed by atoms with E-state index in [2.05, 4.69) is 5.32 Å². The molecule has 0 saturated carbocycles. The van der Waals surface area contributed by atoms with Crippen molar-refractivity contribution in [2.45, 2.75) is 24.5 Å². The van der Waals surface area contributed by atoms with Crippen LogP contribution in [0, 0.1) is 6.92 Å². The third-order valence-corrected chi connectivity index (χ3v) is 9.29. The number of aliphatic hydroxyl groups excluding tert-OH is 1. The van der Waals surface area contributed by atoms with Gasteiger partial charge in [0.05, 0.1) is 29.8 Å². The number of para-hydroxylation sites is 3. The fourth-order valence-corrected chi connectivity index (χ4v) is 6.86. The van der Waals surface area contributed by atoms with Crippen LogP contribution in [0.15, 0.2) is 132 Å². The molecule has 0 aliphatic carbocycles. The lowest BCUT2D eigenvalue weighted by atomic mass is 10.1. The summed E-state index contributed by atoms with van der Waals surface area (Å²) >= 11 is 0. The zero-order valence-electron chi connectivity index (χ0n) is 23.6. The second-order valence-electron chi connectivity index (χ2n) is 10.5. The van der Waals surface area contributed by atoms with Crippen molar-refractivity contribution in [1.82, 2.24) is 4.57 Å². The predicted octanol–water partition coefficient (Wildman–Crippen LogP) is 6.61. The highest BCUT2D eigenvalue weighted by molar-refractivity contribution is 7.92. The van der Waals surface area contributed by atoms with Gasteiger partial charge in [0.25, 0.3) is 15.9 Å². The van der Waals surface area contributed by atoms with Crippen LogP contribution in [0.3, 0.4) is 0 Å². The molecule has 0 saturated heterocycles. The van der Waals surface area contributed by atoms with Gasteiger partial charge in [0.15, 0.2) is 0 Å². The number of hydrogen-bond donors (Lipinski definition) is 2. The molecule has 0 radical (unpaired) electrons. The lowest BCUT2D eigenvalue weighted by molar-refractivity contribution is 0.102. The minimum Gasteiger partial charge on any atom is -0.389 e. The molecule has 2 N–H and O–H groups in total. The number of nitrogens with one attached hydrogen (secondary N) is 1. The third-order valence-electron chi connectivity index (χ3n) is 7.49. The maximum atomic E-state index is 14.1. The number of nitrogens with zero attached hydrogens (tertiary/aromatic N) is 2. The molecule has 43 heavy (non-hydrogen) atoms. The summed E-state index contributed by atoms with van der Waals surface area (Å²) in [7, 11) is -4.10. The minimum absolute atomic E-state index is 0.0984. The summed E-state index contributed by atoms with van der Waals surface area (Å²) in [6, 6.07) is 38.0. The topological polar surface area (TPSA) is 91.6 Å². The molecule has 0 aliphatic rings. The van der Waals surface area contributed by atoms with Crippen molar-refractivity contribution in [3.8, 4) is 0 Å². The van der Waals surface area contributed by atoms with E-state index in [9.17, 15) is 18.3 Å². The summed E-state index contributed by atoms with van der Waals surface area (Å²) in [6.07, 6.45) is -1.07. The minimum atomic E-state index is -4.10. The van der Waals surface area contributed by atoms with Crippen LogP contribution in [0.4, 0.5) is 11.4 Å². The Morgan fingerprint density at radius 3 is 2.05 bits per heavy atom. The molecule has 1 atom stereocenters. The number of fused-ring (bicyclic) bond motifs is 3. The van der Waals surface area contributed by atoms with Crippen LogP contribution in [0.5, 0.6) is 0 Å². The normalized spacial score (nSPS) is 12.3. The average Bonchev–Trinajstić information content (AvgIpc) is 3.34. The Labute approximate surface area is 250 Å². The SMILES string of the molecule is Cc1ccc(S(=O)(=O)N(CC(O)Cn2c3ccccc3c3ccccc32)c2cccc(C(=O)Nc3ccccc3)c2)cc1.